The average molecular weight is 257 g/mol. The fourth-order valence-electron chi connectivity index (χ4n) is 3.21. The van der Waals surface area contributed by atoms with Gasteiger partial charge in [0.1, 0.15) is 11.5 Å². The molecule has 0 spiro atoms. The number of hydrogen-bond donors (Lipinski definition) is 0. The number of nitrogens with zero attached hydrogens (tertiary/aromatic N) is 1. The lowest BCUT2D eigenvalue weighted by Crippen LogP contribution is -2.09. The predicted octanol–water partition coefficient (Wildman–Crippen LogP) is 3.10. The summed E-state index contributed by atoms with van der Waals surface area (Å²) in [6.45, 7) is 0. The number of para-hydroxylation sites is 1. The lowest BCUT2D eigenvalue weighted by molar-refractivity contribution is -0.120. The summed E-state index contributed by atoms with van der Waals surface area (Å²) in [7, 11) is 3.73. The molecule has 0 N–H and O–H groups in total. The van der Waals surface area contributed by atoms with Crippen molar-refractivity contribution < 1.29 is 9.53 Å². The monoisotopic (exact) mass is 257 g/mol. The first-order valence-corrected chi connectivity index (χ1v) is 6.84. The molecule has 2 aromatic rings. The van der Waals surface area contributed by atoms with Gasteiger partial charge >= 0.3 is 0 Å². The maximum atomic E-state index is 11.8. The van der Waals surface area contributed by atoms with E-state index in [1.54, 1.807) is 7.11 Å². The number of benzene rings is 1. The van der Waals surface area contributed by atoms with Gasteiger partial charge in [0, 0.05) is 31.0 Å². The summed E-state index contributed by atoms with van der Waals surface area (Å²) < 4.78 is 7.53. The van der Waals surface area contributed by atoms with Crippen LogP contribution < -0.4 is 4.74 Å². The summed E-state index contributed by atoms with van der Waals surface area (Å²) in [5.74, 6) is 1.54. The number of aryl methyl sites for hydroxylation is 1. The van der Waals surface area contributed by atoms with Crippen molar-refractivity contribution in [2.45, 2.75) is 25.7 Å². The molecule has 1 unspecified atom stereocenters. The molecular formula is C16H19NO2. The minimum absolute atomic E-state index is 0.219. The fourth-order valence-corrected chi connectivity index (χ4v) is 3.21. The zero-order chi connectivity index (χ0) is 13.4. The quantitative estimate of drug-likeness (QED) is 0.846. The molecule has 1 fully saturated rings. The van der Waals surface area contributed by atoms with Crippen molar-refractivity contribution >= 4 is 16.7 Å². The van der Waals surface area contributed by atoms with Gasteiger partial charge in [-0.15, -0.1) is 0 Å². The van der Waals surface area contributed by atoms with Crippen LogP contribution in [0.2, 0.25) is 0 Å². The van der Waals surface area contributed by atoms with Crippen LogP contribution in [0.4, 0.5) is 0 Å². The van der Waals surface area contributed by atoms with E-state index < -0.39 is 0 Å². The molecule has 100 valence electrons. The Morgan fingerprint density at radius 3 is 2.95 bits per heavy atom. The second-order valence-corrected chi connectivity index (χ2v) is 5.38. The van der Waals surface area contributed by atoms with E-state index in [9.17, 15) is 4.79 Å². The molecule has 1 aliphatic carbocycles. The van der Waals surface area contributed by atoms with E-state index in [0.717, 1.165) is 36.9 Å². The number of carbonyl (C=O) groups excluding carboxylic acids is 1. The minimum atomic E-state index is 0.219. The highest BCUT2D eigenvalue weighted by Crippen LogP contribution is 2.32. The van der Waals surface area contributed by atoms with Gasteiger partial charge in [-0.1, -0.05) is 12.1 Å². The van der Waals surface area contributed by atoms with E-state index in [0.29, 0.717) is 5.78 Å². The molecule has 0 radical (unpaired) electrons. The molecule has 0 amide bonds. The Morgan fingerprint density at radius 2 is 2.26 bits per heavy atom. The molecule has 3 rings (SSSR count). The summed E-state index contributed by atoms with van der Waals surface area (Å²) in [6, 6.07) is 6.11. The number of Topliss-reactive ketones (excluding diaryl/α,β-unsaturated/α-hetero) is 1. The van der Waals surface area contributed by atoms with E-state index in [2.05, 4.69) is 16.8 Å². The lowest BCUT2D eigenvalue weighted by Gasteiger charge is -2.07. The van der Waals surface area contributed by atoms with Crippen molar-refractivity contribution in [3.8, 4) is 5.75 Å². The largest absolute Gasteiger partial charge is 0.495 e. The molecule has 0 saturated heterocycles. The van der Waals surface area contributed by atoms with Crippen molar-refractivity contribution in [2.75, 3.05) is 7.11 Å². The van der Waals surface area contributed by atoms with Crippen LogP contribution in [0.25, 0.3) is 10.9 Å². The summed E-state index contributed by atoms with van der Waals surface area (Å²) in [6.07, 6.45) is 5.86. The number of hydrogen-bond acceptors (Lipinski definition) is 2. The topological polar surface area (TPSA) is 31.2 Å². The maximum Gasteiger partial charge on any atom is 0.143 e. The first-order valence-electron chi connectivity index (χ1n) is 6.84. The number of ketones is 1. The van der Waals surface area contributed by atoms with Gasteiger partial charge in [0.25, 0.3) is 0 Å². The van der Waals surface area contributed by atoms with Gasteiger partial charge in [0.05, 0.1) is 12.6 Å². The van der Waals surface area contributed by atoms with Crippen molar-refractivity contribution in [1.29, 1.82) is 0 Å². The summed E-state index contributed by atoms with van der Waals surface area (Å²) in [5.41, 5.74) is 2.38. The second-order valence-electron chi connectivity index (χ2n) is 5.38. The third kappa shape index (κ3) is 2.03. The fraction of sp³-hybridized carbons (Fsp3) is 0.438. The Labute approximate surface area is 113 Å². The second kappa shape index (κ2) is 4.72. The molecule has 1 aromatic heterocycles. The van der Waals surface area contributed by atoms with E-state index in [-0.39, 0.29) is 5.92 Å². The normalized spacial score (nSPS) is 19.3. The summed E-state index contributed by atoms with van der Waals surface area (Å²) in [4.78, 5) is 11.8. The summed E-state index contributed by atoms with van der Waals surface area (Å²) >= 11 is 0. The highest BCUT2D eigenvalue weighted by molar-refractivity contribution is 5.90. The van der Waals surface area contributed by atoms with Crippen molar-refractivity contribution in [3.63, 3.8) is 0 Å². The van der Waals surface area contributed by atoms with Gasteiger partial charge in [-0.2, -0.15) is 0 Å². The average Bonchev–Trinajstić information content (AvgIpc) is 2.95. The van der Waals surface area contributed by atoms with E-state index in [4.69, 9.17) is 4.74 Å². The number of methoxy groups -OCH3 is 1. The third-order valence-electron chi connectivity index (χ3n) is 4.16. The number of fused-ring (bicyclic) bond motifs is 1. The van der Waals surface area contributed by atoms with Crippen molar-refractivity contribution in [2.24, 2.45) is 13.0 Å². The van der Waals surface area contributed by atoms with Gasteiger partial charge in [-0.3, -0.25) is 4.79 Å². The van der Waals surface area contributed by atoms with Gasteiger partial charge in [0.2, 0.25) is 0 Å². The molecule has 3 heteroatoms. The Kier molecular flexibility index (Phi) is 3.05. The van der Waals surface area contributed by atoms with Crippen molar-refractivity contribution in [3.05, 3.63) is 30.0 Å². The zero-order valence-corrected chi connectivity index (χ0v) is 11.5. The molecule has 1 saturated carbocycles. The van der Waals surface area contributed by atoms with Gasteiger partial charge in [-0.25, -0.2) is 0 Å². The zero-order valence-electron chi connectivity index (χ0n) is 11.5. The first kappa shape index (κ1) is 12.3. The van der Waals surface area contributed by atoms with Crippen molar-refractivity contribution in [1.82, 2.24) is 4.57 Å². The van der Waals surface area contributed by atoms with Crippen LogP contribution in [0.3, 0.4) is 0 Å². The lowest BCUT2D eigenvalue weighted by atomic mass is 9.97. The minimum Gasteiger partial charge on any atom is -0.495 e. The molecule has 1 heterocycles. The number of ether oxygens (including phenoxy) is 1. The van der Waals surface area contributed by atoms with E-state index >= 15 is 0 Å². The van der Waals surface area contributed by atoms with E-state index in [1.807, 2.05) is 19.2 Å². The Balaban J connectivity index is 2.02. The van der Waals surface area contributed by atoms with E-state index in [1.165, 1.54) is 10.9 Å². The highest BCUT2D eigenvalue weighted by atomic mass is 16.5. The first-order chi connectivity index (χ1) is 9.20. The SMILES string of the molecule is COc1cccc2c(CC3CCCC3=O)cn(C)c12. The number of aromatic nitrogens is 1. The Hall–Kier alpha value is -1.77. The molecule has 3 nitrogen and oxygen atoms in total. The molecule has 19 heavy (non-hydrogen) atoms. The molecule has 1 atom stereocenters. The van der Waals surface area contributed by atoms with Crippen LogP contribution in [-0.2, 0) is 18.3 Å². The van der Waals surface area contributed by atoms with Crippen LogP contribution >= 0.6 is 0 Å². The molecular weight excluding hydrogens is 238 g/mol. The van der Waals surface area contributed by atoms with Crippen LogP contribution in [-0.4, -0.2) is 17.5 Å². The number of carbonyl (C=O) groups is 1. The molecule has 0 aliphatic heterocycles. The smallest absolute Gasteiger partial charge is 0.143 e. The Bertz CT molecular complexity index is 627. The van der Waals surface area contributed by atoms with Crippen LogP contribution in [0, 0.1) is 5.92 Å². The van der Waals surface area contributed by atoms with Gasteiger partial charge in [-0.05, 0) is 30.9 Å². The highest BCUT2D eigenvalue weighted by Gasteiger charge is 2.25. The van der Waals surface area contributed by atoms with Crippen LogP contribution in [0.15, 0.2) is 24.4 Å². The number of rotatable bonds is 3. The molecule has 1 aromatic carbocycles. The predicted molar refractivity (Wildman–Crippen MR) is 75.5 cm³/mol. The maximum absolute atomic E-state index is 11.8. The molecule has 1 aliphatic rings. The van der Waals surface area contributed by atoms with Crippen LogP contribution in [0.1, 0.15) is 24.8 Å². The van der Waals surface area contributed by atoms with Gasteiger partial charge in [0.15, 0.2) is 0 Å². The Morgan fingerprint density at radius 1 is 1.42 bits per heavy atom. The van der Waals surface area contributed by atoms with Crippen LogP contribution in [0.5, 0.6) is 5.75 Å². The molecule has 0 bridgehead atoms. The third-order valence-corrected chi connectivity index (χ3v) is 4.16. The standard InChI is InChI=1S/C16H19NO2/c1-17-10-12(9-11-5-3-7-14(11)18)13-6-4-8-15(19-2)16(13)17/h4,6,8,10-11H,3,5,7,9H2,1-2H3. The summed E-state index contributed by atoms with van der Waals surface area (Å²) in [5, 5.41) is 1.21. The van der Waals surface area contributed by atoms with Gasteiger partial charge < -0.3 is 9.30 Å².